The Balaban J connectivity index is 2.16. The molecular formula is C11H10F3IN4. The molecule has 19 heavy (non-hydrogen) atoms. The molecule has 2 heterocycles. The summed E-state index contributed by atoms with van der Waals surface area (Å²) in [5.41, 5.74) is 5.74. The molecule has 0 saturated heterocycles. The zero-order valence-electron chi connectivity index (χ0n) is 9.65. The fourth-order valence-corrected chi connectivity index (χ4v) is 2.12. The summed E-state index contributed by atoms with van der Waals surface area (Å²) in [7, 11) is 0. The van der Waals surface area contributed by atoms with Gasteiger partial charge in [0.25, 0.3) is 0 Å². The number of aromatic nitrogens is 3. The minimum atomic E-state index is -4.38. The van der Waals surface area contributed by atoms with Gasteiger partial charge in [0, 0.05) is 30.4 Å². The van der Waals surface area contributed by atoms with E-state index >= 15 is 0 Å². The quantitative estimate of drug-likeness (QED) is 0.829. The Bertz CT molecular complexity index is 588. The zero-order chi connectivity index (χ0) is 14.0. The van der Waals surface area contributed by atoms with Crippen LogP contribution in [-0.4, -0.2) is 27.2 Å². The second-order valence-electron chi connectivity index (χ2n) is 4.03. The summed E-state index contributed by atoms with van der Waals surface area (Å²) in [5, 5.41) is 0.760. The van der Waals surface area contributed by atoms with Gasteiger partial charge in [-0.2, -0.15) is 13.2 Å². The minimum absolute atomic E-state index is 0.0923. The highest BCUT2D eigenvalue weighted by atomic mass is 127. The number of nitrogens with zero attached hydrogens (tertiary/aromatic N) is 3. The maximum atomic E-state index is 12.3. The maximum absolute atomic E-state index is 12.3. The van der Waals surface area contributed by atoms with Crippen LogP contribution in [0.15, 0.2) is 18.6 Å². The molecule has 0 radical (unpaired) electrons. The van der Waals surface area contributed by atoms with Crippen LogP contribution in [0, 0.1) is 3.57 Å². The van der Waals surface area contributed by atoms with E-state index in [1.807, 2.05) is 0 Å². The predicted octanol–water partition coefficient (Wildman–Crippen LogP) is 2.45. The van der Waals surface area contributed by atoms with E-state index in [4.69, 9.17) is 5.73 Å². The van der Waals surface area contributed by atoms with Crippen molar-refractivity contribution in [2.24, 2.45) is 5.73 Å². The first-order chi connectivity index (χ1) is 8.88. The van der Waals surface area contributed by atoms with Gasteiger partial charge in [0.05, 0.1) is 9.09 Å². The summed E-state index contributed by atoms with van der Waals surface area (Å²) in [6.07, 6.45) is 0.302. The first-order valence-corrected chi connectivity index (χ1v) is 6.53. The van der Waals surface area contributed by atoms with Gasteiger partial charge in [0.2, 0.25) is 0 Å². The third kappa shape index (κ3) is 3.50. The van der Waals surface area contributed by atoms with Crippen molar-refractivity contribution < 1.29 is 13.2 Å². The van der Waals surface area contributed by atoms with Crippen LogP contribution in [0.4, 0.5) is 13.2 Å². The summed E-state index contributed by atoms with van der Waals surface area (Å²) in [4.78, 5) is 12.3. The van der Waals surface area contributed by atoms with Gasteiger partial charge in [-0.25, -0.2) is 9.97 Å². The molecule has 0 bridgehead atoms. The van der Waals surface area contributed by atoms with E-state index in [1.165, 1.54) is 0 Å². The fraction of sp³-hybridized carbons (Fsp3) is 0.364. The number of halogens is 4. The third-order valence-corrected chi connectivity index (χ3v) is 3.38. The van der Waals surface area contributed by atoms with Crippen LogP contribution in [0.2, 0.25) is 0 Å². The monoisotopic (exact) mass is 382 g/mol. The van der Waals surface area contributed by atoms with Gasteiger partial charge in [0.1, 0.15) is 11.9 Å². The van der Waals surface area contributed by atoms with Crippen LogP contribution in [0.5, 0.6) is 0 Å². The number of fused-ring (bicyclic) bond motifs is 1. The molecule has 0 fully saturated rings. The van der Waals surface area contributed by atoms with Crippen molar-refractivity contribution in [3.63, 3.8) is 0 Å². The molecule has 102 valence electrons. The van der Waals surface area contributed by atoms with Gasteiger partial charge in [0.15, 0.2) is 0 Å². The van der Waals surface area contributed by atoms with Crippen molar-refractivity contribution in [2.75, 3.05) is 0 Å². The Kier molecular flexibility index (Phi) is 4.19. The van der Waals surface area contributed by atoms with Crippen LogP contribution < -0.4 is 5.73 Å². The van der Waals surface area contributed by atoms with Crippen molar-refractivity contribution in [3.8, 4) is 0 Å². The average Bonchev–Trinajstić information content (AvgIpc) is 2.35. The zero-order valence-corrected chi connectivity index (χ0v) is 11.8. The number of rotatable bonds is 3. The normalized spacial score (nSPS) is 13.7. The van der Waals surface area contributed by atoms with Gasteiger partial charge in [-0.3, -0.25) is 4.98 Å². The van der Waals surface area contributed by atoms with Crippen molar-refractivity contribution in [1.82, 2.24) is 15.0 Å². The van der Waals surface area contributed by atoms with Crippen molar-refractivity contribution in [2.45, 2.75) is 25.1 Å². The molecule has 2 rings (SSSR count). The van der Waals surface area contributed by atoms with Crippen LogP contribution in [0.1, 0.15) is 12.2 Å². The first-order valence-electron chi connectivity index (χ1n) is 5.45. The predicted molar refractivity (Wildman–Crippen MR) is 72.4 cm³/mol. The van der Waals surface area contributed by atoms with Gasteiger partial charge >= 0.3 is 6.18 Å². The van der Waals surface area contributed by atoms with E-state index in [9.17, 15) is 13.2 Å². The SMILES string of the molecule is NC(CCc1ncc2cncc(I)c2n1)C(F)(F)F. The first kappa shape index (κ1) is 14.4. The van der Waals surface area contributed by atoms with E-state index < -0.39 is 12.2 Å². The third-order valence-electron chi connectivity index (χ3n) is 2.59. The number of aryl methyl sites for hydroxylation is 1. The second-order valence-corrected chi connectivity index (χ2v) is 5.19. The van der Waals surface area contributed by atoms with Crippen LogP contribution >= 0.6 is 22.6 Å². The number of hydrogen-bond acceptors (Lipinski definition) is 4. The van der Waals surface area contributed by atoms with E-state index in [-0.39, 0.29) is 12.8 Å². The smallest absolute Gasteiger partial charge is 0.320 e. The van der Waals surface area contributed by atoms with Gasteiger partial charge < -0.3 is 5.73 Å². The summed E-state index contributed by atoms with van der Waals surface area (Å²) in [6, 6.07) is -1.84. The molecule has 1 unspecified atom stereocenters. The van der Waals surface area contributed by atoms with E-state index in [1.54, 1.807) is 18.6 Å². The molecule has 4 nitrogen and oxygen atoms in total. The van der Waals surface area contributed by atoms with E-state index in [0.717, 1.165) is 8.96 Å². The molecule has 0 aromatic carbocycles. The second kappa shape index (κ2) is 5.53. The van der Waals surface area contributed by atoms with E-state index in [0.29, 0.717) is 11.3 Å². The molecule has 0 aliphatic rings. The standard InChI is InChI=1S/C11H10F3IN4/c12-11(13,14)8(16)1-2-9-18-4-6-3-17-5-7(15)10(6)19-9/h3-5,8H,1-2,16H2. The lowest BCUT2D eigenvalue weighted by atomic mass is 10.1. The van der Waals surface area contributed by atoms with Crippen LogP contribution in [-0.2, 0) is 6.42 Å². The lowest BCUT2D eigenvalue weighted by Crippen LogP contribution is -2.37. The van der Waals surface area contributed by atoms with Gasteiger partial charge in [-0.15, -0.1) is 0 Å². The molecule has 0 spiro atoms. The lowest BCUT2D eigenvalue weighted by molar-refractivity contribution is -0.148. The topological polar surface area (TPSA) is 64.7 Å². The highest BCUT2D eigenvalue weighted by Crippen LogP contribution is 2.22. The van der Waals surface area contributed by atoms with Crippen LogP contribution in [0.3, 0.4) is 0 Å². The lowest BCUT2D eigenvalue weighted by Gasteiger charge is -2.14. The summed E-state index contributed by atoms with van der Waals surface area (Å²) >= 11 is 2.07. The molecule has 2 aromatic heterocycles. The summed E-state index contributed by atoms with van der Waals surface area (Å²) in [5.74, 6) is 0.358. The molecule has 1 atom stereocenters. The van der Waals surface area contributed by atoms with Crippen molar-refractivity contribution >= 4 is 33.5 Å². The Morgan fingerprint density at radius 3 is 2.68 bits per heavy atom. The Morgan fingerprint density at radius 1 is 1.26 bits per heavy atom. The number of hydrogen-bond donors (Lipinski definition) is 1. The highest BCUT2D eigenvalue weighted by Gasteiger charge is 2.36. The molecule has 0 saturated carbocycles. The van der Waals surface area contributed by atoms with Crippen molar-refractivity contribution in [1.29, 1.82) is 0 Å². The number of alkyl halides is 3. The minimum Gasteiger partial charge on any atom is -0.320 e. The Morgan fingerprint density at radius 2 is 2.00 bits per heavy atom. The van der Waals surface area contributed by atoms with Crippen molar-refractivity contribution in [3.05, 3.63) is 28.0 Å². The molecule has 0 aliphatic heterocycles. The summed E-state index contributed by atoms with van der Waals surface area (Å²) < 4.78 is 37.7. The molecular weight excluding hydrogens is 372 g/mol. The van der Waals surface area contributed by atoms with Gasteiger partial charge in [-0.05, 0) is 29.0 Å². The highest BCUT2D eigenvalue weighted by molar-refractivity contribution is 14.1. The summed E-state index contributed by atoms with van der Waals surface area (Å²) in [6.45, 7) is 0. The van der Waals surface area contributed by atoms with Gasteiger partial charge in [-0.1, -0.05) is 0 Å². The molecule has 0 amide bonds. The molecule has 8 heteroatoms. The Hall–Kier alpha value is -1.03. The fourth-order valence-electron chi connectivity index (χ4n) is 1.53. The molecule has 2 N–H and O–H groups in total. The maximum Gasteiger partial charge on any atom is 0.403 e. The van der Waals surface area contributed by atoms with E-state index in [2.05, 4.69) is 37.5 Å². The number of pyridine rings is 1. The average molecular weight is 382 g/mol. The Labute approximate surface area is 120 Å². The molecule has 0 aliphatic carbocycles. The number of nitrogens with two attached hydrogens (primary N) is 1. The largest absolute Gasteiger partial charge is 0.403 e. The molecule has 2 aromatic rings. The van der Waals surface area contributed by atoms with Crippen LogP contribution in [0.25, 0.3) is 10.9 Å².